The highest BCUT2D eigenvalue weighted by Crippen LogP contribution is 2.24. The van der Waals surface area contributed by atoms with Gasteiger partial charge in [0.25, 0.3) is 5.56 Å². The zero-order valence-corrected chi connectivity index (χ0v) is 14.4. The minimum absolute atomic E-state index is 0.183. The average molecular weight is 350 g/mol. The predicted molar refractivity (Wildman–Crippen MR) is 100 cm³/mol. The third-order valence-electron chi connectivity index (χ3n) is 4.31. The standard InChI is InChI=1S/C19H14N2O3S/c1-10-8-17(22)24-16-7-11(2)15(9-13(10)16)21-18(23)12-5-3-4-6-14(12)20-19(21)25/h3-9H,1-2H3,(H,20,25). The van der Waals surface area contributed by atoms with Crippen LogP contribution >= 0.6 is 12.2 Å². The van der Waals surface area contributed by atoms with E-state index in [1.807, 2.05) is 38.1 Å². The summed E-state index contributed by atoms with van der Waals surface area (Å²) in [5, 5.41) is 1.33. The molecule has 0 saturated heterocycles. The average Bonchev–Trinajstić information content (AvgIpc) is 2.55. The van der Waals surface area contributed by atoms with Crippen molar-refractivity contribution in [2.45, 2.75) is 13.8 Å². The zero-order valence-electron chi connectivity index (χ0n) is 13.6. The summed E-state index contributed by atoms with van der Waals surface area (Å²) in [6, 6.07) is 12.3. The normalized spacial score (nSPS) is 11.3. The van der Waals surface area contributed by atoms with Gasteiger partial charge in [-0.3, -0.25) is 9.36 Å². The van der Waals surface area contributed by atoms with Crippen molar-refractivity contribution in [1.29, 1.82) is 0 Å². The minimum Gasteiger partial charge on any atom is -0.423 e. The Balaban J connectivity index is 2.14. The van der Waals surface area contributed by atoms with Gasteiger partial charge in [-0.25, -0.2) is 4.79 Å². The van der Waals surface area contributed by atoms with Crippen LogP contribution in [0.3, 0.4) is 0 Å². The molecule has 124 valence electrons. The Hall–Kier alpha value is -2.99. The Bertz CT molecular complexity index is 1330. The van der Waals surface area contributed by atoms with Gasteiger partial charge in [-0.05, 0) is 61.5 Å². The fourth-order valence-electron chi connectivity index (χ4n) is 3.08. The van der Waals surface area contributed by atoms with Crippen molar-refractivity contribution in [3.63, 3.8) is 0 Å². The van der Waals surface area contributed by atoms with Crippen LogP contribution < -0.4 is 11.2 Å². The summed E-state index contributed by atoms with van der Waals surface area (Å²) in [6.45, 7) is 3.69. The van der Waals surface area contributed by atoms with Gasteiger partial charge in [0.15, 0.2) is 4.77 Å². The van der Waals surface area contributed by atoms with E-state index in [0.717, 1.165) is 16.5 Å². The van der Waals surface area contributed by atoms with Crippen LogP contribution in [0.25, 0.3) is 27.6 Å². The summed E-state index contributed by atoms with van der Waals surface area (Å²) >= 11 is 5.42. The number of aryl methyl sites for hydroxylation is 2. The summed E-state index contributed by atoms with van der Waals surface area (Å²) in [5.41, 5.74) is 2.87. The largest absolute Gasteiger partial charge is 0.423 e. The SMILES string of the molecule is Cc1cc2oc(=O)cc(C)c2cc1-n1c(=S)[nH]c2ccccc2c1=O. The van der Waals surface area contributed by atoms with Gasteiger partial charge in [-0.15, -0.1) is 0 Å². The second-order valence-electron chi connectivity index (χ2n) is 6.00. The molecule has 0 fully saturated rings. The summed E-state index contributed by atoms with van der Waals surface area (Å²) in [4.78, 5) is 27.7. The minimum atomic E-state index is -0.391. The summed E-state index contributed by atoms with van der Waals surface area (Å²) in [6.07, 6.45) is 0. The van der Waals surface area contributed by atoms with Crippen LogP contribution in [0, 0.1) is 18.6 Å². The number of rotatable bonds is 1. The molecule has 0 radical (unpaired) electrons. The molecular formula is C19H14N2O3S. The van der Waals surface area contributed by atoms with Gasteiger partial charge in [-0.2, -0.15) is 0 Å². The first kappa shape index (κ1) is 15.5. The number of aromatic amines is 1. The van der Waals surface area contributed by atoms with Gasteiger partial charge in [0.1, 0.15) is 5.58 Å². The maximum Gasteiger partial charge on any atom is 0.336 e. The molecule has 0 aliphatic rings. The summed E-state index contributed by atoms with van der Waals surface area (Å²) in [7, 11) is 0. The van der Waals surface area contributed by atoms with Crippen LogP contribution in [0.4, 0.5) is 0 Å². The van der Waals surface area contributed by atoms with E-state index >= 15 is 0 Å². The van der Waals surface area contributed by atoms with Gasteiger partial charge in [-0.1, -0.05) is 12.1 Å². The number of fused-ring (bicyclic) bond motifs is 2. The van der Waals surface area contributed by atoms with Crippen LogP contribution in [0.5, 0.6) is 0 Å². The lowest BCUT2D eigenvalue weighted by atomic mass is 10.1. The highest BCUT2D eigenvalue weighted by Gasteiger charge is 2.12. The number of hydrogen-bond donors (Lipinski definition) is 1. The van der Waals surface area contributed by atoms with E-state index in [-0.39, 0.29) is 5.56 Å². The Morgan fingerprint density at radius 2 is 1.76 bits per heavy atom. The maximum absolute atomic E-state index is 13.0. The summed E-state index contributed by atoms with van der Waals surface area (Å²) < 4.78 is 7.07. The smallest absolute Gasteiger partial charge is 0.336 e. The maximum atomic E-state index is 13.0. The van der Waals surface area contributed by atoms with Crippen molar-refractivity contribution in [3.05, 3.63) is 79.1 Å². The Kier molecular flexibility index (Phi) is 3.43. The molecule has 0 unspecified atom stereocenters. The van der Waals surface area contributed by atoms with Gasteiger partial charge in [0, 0.05) is 11.5 Å². The van der Waals surface area contributed by atoms with Crippen molar-refractivity contribution in [1.82, 2.24) is 9.55 Å². The van der Waals surface area contributed by atoms with Crippen molar-refractivity contribution in [3.8, 4) is 5.69 Å². The fourth-order valence-corrected chi connectivity index (χ4v) is 3.37. The van der Waals surface area contributed by atoms with Crippen molar-refractivity contribution >= 4 is 34.1 Å². The van der Waals surface area contributed by atoms with E-state index in [1.165, 1.54) is 10.6 Å². The molecule has 6 heteroatoms. The number of hydrogen-bond acceptors (Lipinski definition) is 4. The third-order valence-corrected chi connectivity index (χ3v) is 4.60. The molecule has 0 aliphatic carbocycles. The zero-order chi connectivity index (χ0) is 17.7. The predicted octanol–water partition coefficient (Wildman–Crippen LogP) is 3.77. The number of aromatic nitrogens is 2. The summed E-state index contributed by atoms with van der Waals surface area (Å²) in [5.74, 6) is 0. The molecule has 4 aromatic rings. The quantitative estimate of drug-likeness (QED) is 0.419. The molecule has 0 aliphatic heterocycles. The van der Waals surface area contributed by atoms with Crippen molar-refractivity contribution in [2.24, 2.45) is 0 Å². The molecule has 0 spiro atoms. The third kappa shape index (κ3) is 2.42. The molecule has 1 N–H and O–H groups in total. The number of nitrogens with one attached hydrogen (secondary N) is 1. The number of para-hydroxylation sites is 1. The molecule has 2 aromatic carbocycles. The lowest BCUT2D eigenvalue weighted by Gasteiger charge is -2.12. The first-order chi connectivity index (χ1) is 12.0. The second kappa shape index (κ2) is 5.53. The first-order valence-electron chi connectivity index (χ1n) is 7.75. The fraction of sp³-hybridized carbons (Fsp3) is 0.105. The molecule has 25 heavy (non-hydrogen) atoms. The molecule has 2 aromatic heterocycles. The number of nitrogens with zero attached hydrogens (tertiary/aromatic N) is 1. The molecule has 5 nitrogen and oxygen atoms in total. The van der Waals surface area contributed by atoms with E-state index in [1.54, 1.807) is 12.1 Å². The highest BCUT2D eigenvalue weighted by atomic mass is 32.1. The lowest BCUT2D eigenvalue weighted by Crippen LogP contribution is -2.21. The van der Waals surface area contributed by atoms with Gasteiger partial charge in [0.05, 0.1) is 16.6 Å². The molecule has 0 bridgehead atoms. The Labute approximate surface area is 147 Å². The molecule has 0 saturated carbocycles. The molecule has 4 rings (SSSR count). The van der Waals surface area contributed by atoms with Gasteiger partial charge >= 0.3 is 5.63 Å². The van der Waals surface area contributed by atoms with E-state index in [9.17, 15) is 9.59 Å². The van der Waals surface area contributed by atoms with Gasteiger partial charge in [0.2, 0.25) is 0 Å². The van der Waals surface area contributed by atoms with Gasteiger partial charge < -0.3 is 9.40 Å². The molecule has 0 atom stereocenters. The lowest BCUT2D eigenvalue weighted by molar-refractivity contribution is 0.559. The molecule has 2 heterocycles. The molecular weight excluding hydrogens is 336 g/mol. The van der Waals surface area contributed by atoms with E-state index < -0.39 is 5.63 Å². The monoisotopic (exact) mass is 350 g/mol. The highest BCUT2D eigenvalue weighted by molar-refractivity contribution is 7.71. The van der Waals surface area contributed by atoms with E-state index in [4.69, 9.17) is 16.6 Å². The van der Waals surface area contributed by atoms with Crippen molar-refractivity contribution in [2.75, 3.05) is 0 Å². The van der Waals surface area contributed by atoms with E-state index in [0.29, 0.717) is 26.9 Å². The number of H-pyrrole nitrogens is 1. The molecule has 0 amide bonds. The van der Waals surface area contributed by atoms with Crippen LogP contribution in [0.2, 0.25) is 0 Å². The Morgan fingerprint density at radius 1 is 1.00 bits per heavy atom. The number of benzene rings is 2. The Morgan fingerprint density at radius 3 is 2.56 bits per heavy atom. The second-order valence-corrected chi connectivity index (χ2v) is 6.39. The van der Waals surface area contributed by atoms with Crippen LogP contribution in [-0.2, 0) is 0 Å². The topological polar surface area (TPSA) is 68.0 Å². The van der Waals surface area contributed by atoms with Crippen LogP contribution in [0.1, 0.15) is 11.1 Å². The van der Waals surface area contributed by atoms with Crippen LogP contribution in [-0.4, -0.2) is 9.55 Å². The van der Waals surface area contributed by atoms with E-state index in [2.05, 4.69) is 4.98 Å². The van der Waals surface area contributed by atoms with Crippen LogP contribution in [0.15, 0.2) is 56.5 Å². The van der Waals surface area contributed by atoms with Crippen molar-refractivity contribution < 1.29 is 4.42 Å². The first-order valence-corrected chi connectivity index (χ1v) is 8.16.